The van der Waals surface area contributed by atoms with Crippen molar-refractivity contribution in [2.24, 2.45) is 5.92 Å². The van der Waals surface area contributed by atoms with Crippen molar-refractivity contribution in [1.82, 2.24) is 4.90 Å². The molecule has 0 unspecified atom stereocenters. The minimum Gasteiger partial charge on any atom is -0.345 e. The maximum atomic E-state index is 12.2. The Morgan fingerprint density at radius 1 is 1.44 bits per heavy atom. The first kappa shape index (κ1) is 13.3. The van der Waals surface area contributed by atoms with E-state index >= 15 is 0 Å². The zero-order valence-electron chi connectivity index (χ0n) is 10.7. The second-order valence-corrected chi connectivity index (χ2v) is 5.93. The van der Waals surface area contributed by atoms with E-state index in [1.165, 1.54) is 4.88 Å². The van der Waals surface area contributed by atoms with Gasteiger partial charge in [0.25, 0.3) is 0 Å². The predicted octanol–water partition coefficient (Wildman–Crippen LogP) is 2.51. The van der Waals surface area contributed by atoms with E-state index in [-0.39, 0.29) is 11.8 Å². The van der Waals surface area contributed by atoms with Crippen LogP contribution in [0.2, 0.25) is 0 Å². The van der Waals surface area contributed by atoms with E-state index in [4.69, 9.17) is 0 Å². The van der Waals surface area contributed by atoms with Crippen LogP contribution in [0.1, 0.15) is 30.6 Å². The van der Waals surface area contributed by atoms with E-state index in [2.05, 4.69) is 11.4 Å². The Morgan fingerprint density at radius 2 is 2.17 bits per heavy atom. The number of carbonyl (C=O) groups is 2. The molecule has 0 atom stereocenters. The number of hydrogen-bond acceptors (Lipinski definition) is 3. The van der Waals surface area contributed by atoms with Crippen molar-refractivity contribution in [1.29, 1.82) is 0 Å². The number of carbonyl (C=O) groups excluding carboxylic acids is 2. The molecule has 0 N–H and O–H groups in total. The van der Waals surface area contributed by atoms with Gasteiger partial charge in [0.15, 0.2) is 0 Å². The Morgan fingerprint density at radius 3 is 2.78 bits per heavy atom. The molecule has 0 aliphatic heterocycles. The summed E-state index contributed by atoms with van der Waals surface area (Å²) in [5.74, 6) is 0.579. The van der Waals surface area contributed by atoms with Crippen molar-refractivity contribution >= 4 is 23.0 Å². The molecule has 1 fully saturated rings. The zero-order valence-corrected chi connectivity index (χ0v) is 11.5. The molecule has 1 aromatic heterocycles. The number of likely N-dealkylation sites (N-methyl/N-ethyl adjacent to an activating group) is 1. The summed E-state index contributed by atoms with van der Waals surface area (Å²) in [6, 6.07) is 4.14. The van der Waals surface area contributed by atoms with E-state index < -0.39 is 0 Å². The number of thiophene rings is 1. The lowest BCUT2D eigenvalue weighted by Crippen LogP contribution is -2.36. The summed E-state index contributed by atoms with van der Waals surface area (Å²) in [4.78, 5) is 26.5. The first-order valence-electron chi connectivity index (χ1n) is 6.46. The van der Waals surface area contributed by atoms with Gasteiger partial charge >= 0.3 is 0 Å². The van der Waals surface area contributed by atoms with Crippen molar-refractivity contribution in [3.05, 3.63) is 22.4 Å². The van der Waals surface area contributed by atoms with Crippen LogP contribution in [-0.4, -0.2) is 30.2 Å². The standard InChI is InChI=1S/C14H19NO2S/c1-15(9-8-13-3-2-10-18-13)14(17)11-4-6-12(16)7-5-11/h2-3,10-11H,4-9H2,1H3. The molecule has 1 heterocycles. The average molecular weight is 265 g/mol. The molecule has 2 rings (SSSR count). The van der Waals surface area contributed by atoms with E-state index in [0.717, 1.165) is 25.8 Å². The van der Waals surface area contributed by atoms with Gasteiger partial charge in [0.2, 0.25) is 5.91 Å². The second kappa shape index (κ2) is 6.14. The third-order valence-electron chi connectivity index (χ3n) is 3.54. The van der Waals surface area contributed by atoms with Gasteiger partial charge in [-0.25, -0.2) is 0 Å². The quantitative estimate of drug-likeness (QED) is 0.839. The summed E-state index contributed by atoms with van der Waals surface area (Å²) < 4.78 is 0. The van der Waals surface area contributed by atoms with Crippen LogP contribution in [0, 0.1) is 5.92 Å². The lowest BCUT2D eigenvalue weighted by Gasteiger charge is -2.25. The normalized spacial score (nSPS) is 16.8. The van der Waals surface area contributed by atoms with Gasteiger partial charge in [-0.1, -0.05) is 6.07 Å². The fourth-order valence-corrected chi connectivity index (χ4v) is 3.04. The largest absolute Gasteiger partial charge is 0.345 e. The fourth-order valence-electron chi connectivity index (χ4n) is 2.34. The predicted molar refractivity (Wildman–Crippen MR) is 72.6 cm³/mol. The van der Waals surface area contributed by atoms with E-state index in [1.54, 1.807) is 11.3 Å². The summed E-state index contributed by atoms with van der Waals surface area (Å²) in [5.41, 5.74) is 0. The highest BCUT2D eigenvalue weighted by Gasteiger charge is 2.26. The van der Waals surface area contributed by atoms with Gasteiger partial charge in [-0.15, -0.1) is 11.3 Å². The topological polar surface area (TPSA) is 37.4 Å². The van der Waals surface area contributed by atoms with Crippen molar-refractivity contribution in [3.8, 4) is 0 Å². The van der Waals surface area contributed by atoms with Gasteiger partial charge in [0.05, 0.1) is 0 Å². The van der Waals surface area contributed by atoms with E-state index in [0.29, 0.717) is 18.6 Å². The molecule has 1 saturated carbocycles. The first-order valence-corrected chi connectivity index (χ1v) is 7.34. The van der Waals surface area contributed by atoms with Crippen LogP contribution in [0.25, 0.3) is 0 Å². The Kier molecular flexibility index (Phi) is 4.53. The Bertz CT molecular complexity index is 403. The SMILES string of the molecule is CN(CCc1cccs1)C(=O)C1CCC(=O)CC1. The second-order valence-electron chi connectivity index (χ2n) is 4.90. The Labute approximate surface area is 112 Å². The van der Waals surface area contributed by atoms with Crippen LogP contribution in [0.15, 0.2) is 17.5 Å². The van der Waals surface area contributed by atoms with Gasteiger partial charge in [-0.3, -0.25) is 9.59 Å². The average Bonchev–Trinajstić information content (AvgIpc) is 2.89. The number of ketones is 1. The number of Topliss-reactive ketones (excluding diaryl/α,β-unsaturated/α-hetero) is 1. The molecule has 0 aromatic carbocycles. The molecule has 1 aliphatic rings. The maximum Gasteiger partial charge on any atom is 0.225 e. The number of amides is 1. The van der Waals surface area contributed by atoms with Crippen LogP contribution in [0.5, 0.6) is 0 Å². The number of nitrogens with zero attached hydrogens (tertiary/aromatic N) is 1. The lowest BCUT2D eigenvalue weighted by molar-refractivity contribution is -0.136. The molecular formula is C14H19NO2S. The fraction of sp³-hybridized carbons (Fsp3) is 0.571. The summed E-state index contributed by atoms with van der Waals surface area (Å²) in [6.45, 7) is 0.768. The summed E-state index contributed by atoms with van der Waals surface area (Å²) in [6.07, 6.45) is 3.55. The molecule has 4 heteroatoms. The molecule has 1 aromatic rings. The minimum absolute atomic E-state index is 0.0658. The zero-order chi connectivity index (χ0) is 13.0. The molecule has 98 valence electrons. The van der Waals surface area contributed by atoms with Crippen LogP contribution in [-0.2, 0) is 16.0 Å². The van der Waals surface area contributed by atoms with Crippen molar-refractivity contribution in [3.63, 3.8) is 0 Å². The van der Waals surface area contributed by atoms with E-state index in [1.807, 2.05) is 18.0 Å². The van der Waals surface area contributed by atoms with Gasteiger partial charge < -0.3 is 4.90 Å². The summed E-state index contributed by atoms with van der Waals surface area (Å²) in [5, 5.41) is 2.06. The smallest absolute Gasteiger partial charge is 0.225 e. The van der Waals surface area contributed by atoms with Gasteiger partial charge in [-0.05, 0) is 30.7 Å². The van der Waals surface area contributed by atoms with Gasteiger partial charge in [0, 0.05) is 37.2 Å². The molecule has 0 bridgehead atoms. The van der Waals surface area contributed by atoms with Crippen molar-refractivity contribution in [2.45, 2.75) is 32.1 Å². The van der Waals surface area contributed by atoms with E-state index in [9.17, 15) is 9.59 Å². The number of hydrogen-bond donors (Lipinski definition) is 0. The highest BCUT2D eigenvalue weighted by Crippen LogP contribution is 2.23. The number of rotatable bonds is 4. The van der Waals surface area contributed by atoms with Crippen molar-refractivity contribution in [2.75, 3.05) is 13.6 Å². The van der Waals surface area contributed by atoms with Crippen molar-refractivity contribution < 1.29 is 9.59 Å². The molecule has 1 aliphatic carbocycles. The monoisotopic (exact) mass is 265 g/mol. The maximum absolute atomic E-state index is 12.2. The molecular weight excluding hydrogens is 246 g/mol. The van der Waals surface area contributed by atoms with Gasteiger partial charge in [-0.2, -0.15) is 0 Å². The van der Waals surface area contributed by atoms with Crippen LogP contribution >= 0.6 is 11.3 Å². The molecule has 3 nitrogen and oxygen atoms in total. The van der Waals surface area contributed by atoms with Crippen LogP contribution in [0.4, 0.5) is 0 Å². The summed E-state index contributed by atoms with van der Waals surface area (Å²) >= 11 is 1.73. The third kappa shape index (κ3) is 3.42. The molecule has 0 radical (unpaired) electrons. The molecule has 0 spiro atoms. The molecule has 0 saturated heterocycles. The molecule has 1 amide bonds. The first-order chi connectivity index (χ1) is 8.66. The minimum atomic E-state index is 0.0658. The lowest BCUT2D eigenvalue weighted by atomic mass is 9.87. The van der Waals surface area contributed by atoms with Gasteiger partial charge in [0.1, 0.15) is 5.78 Å². The Balaban J connectivity index is 1.79. The van der Waals surface area contributed by atoms with Crippen LogP contribution < -0.4 is 0 Å². The molecule has 18 heavy (non-hydrogen) atoms. The Hall–Kier alpha value is -1.16. The highest BCUT2D eigenvalue weighted by molar-refractivity contribution is 7.09. The summed E-state index contributed by atoms with van der Waals surface area (Å²) in [7, 11) is 1.87. The van der Waals surface area contributed by atoms with Crippen LogP contribution in [0.3, 0.4) is 0 Å². The third-order valence-corrected chi connectivity index (χ3v) is 4.48. The highest BCUT2D eigenvalue weighted by atomic mass is 32.1.